The summed E-state index contributed by atoms with van der Waals surface area (Å²) < 4.78 is 17.1. The molecular weight excluding hydrogens is 351 g/mol. The molecule has 2 atom stereocenters. The molecule has 3 heterocycles. The van der Waals surface area contributed by atoms with Crippen molar-refractivity contribution in [3.8, 4) is 0 Å². The summed E-state index contributed by atoms with van der Waals surface area (Å²) in [5.41, 5.74) is 7.05. The summed E-state index contributed by atoms with van der Waals surface area (Å²) >= 11 is 0. The Hall–Kier alpha value is -2.61. The Bertz CT molecular complexity index is 1050. The molecule has 2 fully saturated rings. The maximum absolute atomic E-state index is 15.2. The van der Waals surface area contributed by atoms with E-state index in [-0.39, 0.29) is 29.1 Å². The molecule has 3 aliphatic rings. The van der Waals surface area contributed by atoms with Crippen LogP contribution < -0.4 is 21.0 Å². The number of hydrogen-bond donors (Lipinski definition) is 2. The number of carboxylic acid groups (broad SMARTS) is 1. The minimum absolute atomic E-state index is 0.0179. The van der Waals surface area contributed by atoms with E-state index in [2.05, 4.69) is 0 Å². The van der Waals surface area contributed by atoms with Gasteiger partial charge in [0.15, 0.2) is 0 Å². The van der Waals surface area contributed by atoms with Crippen LogP contribution in [0.3, 0.4) is 0 Å². The first-order chi connectivity index (χ1) is 12.9. The number of pyridine rings is 1. The summed E-state index contributed by atoms with van der Waals surface area (Å²) in [5, 5.41) is 9.56. The summed E-state index contributed by atoms with van der Waals surface area (Å²) in [4.78, 5) is 28.3. The van der Waals surface area contributed by atoms with Crippen molar-refractivity contribution in [3.05, 3.63) is 33.9 Å². The van der Waals surface area contributed by atoms with Crippen molar-refractivity contribution in [2.75, 3.05) is 29.9 Å². The second-order valence-corrected chi connectivity index (χ2v) is 7.86. The summed E-state index contributed by atoms with van der Waals surface area (Å²) in [6, 6.07) is 1.37. The van der Waals surface area contributed by atoms with Crippen LogP contribution in [0.15, 0.2) is 17.1 Å². The third-order valence-corrected chi connectivity index (χ3v) is 6.12. The third-order valence-electron chi connectivity index (χ3n) is 6.12. The summed E-state index contributed by atoms with van der Waals surface area (Å²) in [6.45, 7) is 1.32. The maximum atomic E-state index is 15.2. The minimum atomic E-state index is -1.28. The number of aromatic nitrogens is 1. The van der Waals surface area contributed by atoms with Crippen molar-refractivity contribution >= 4 is 28.2 Å². The number of fused-ring (bicyclic) bond motifs is 5. The van der Waals surface area contributed by atoms with Gasteiger partial charge in [0.2, 0.25) is 5.43 Å². The summed E-state index contributed by atoms with van der Waals surface area (Å²) in [5.74, 6) is -1.78. The Kier molecular flexibility index (Phi) is 3.34. The zero-order valence-electron chi connectivity index (χ0n) is 15.0. The fourth-order valence-corrected chi connectivity index (χ4v) is 4.65. The van der Waals surface area contributed by atoms with Crippen LogP contribution in [0.2, 0.25) is 0 Å². The number of nitrogens with zero attached hydrogens (tertiary/aromatic N) is 3. The molecule has 0 radical (unpaired) electrons. The van der Waals surface area contributed by atoms with Crippen LogP contribution in [0.25, 0.3) is 10.9 Å². The summed E-state index contributed by atoms with van der Waals surface area (Å²) in [7, 11) is 1.88. The largest absolute Gasteiger partial charge is 0.477 e. The first-order valence-corrected chi connectivity index (χ1v) is 9.26. The maximum Gasteiger partial charge on any atom is 0.341 e. The molecule has 0 amide bonds. The molecule has 1 saturated carbocycles. The number of nitrogens with two attached hydrogens (primary N) is 1. The molecule has 7 nitrogen and oxygen atoms in total. The van der Waals surface area contributed by atoms with Gasteiger partial charge in [-0.2, -0.15) is 0 Å². The highest BCUT2D eigenvalue weighted by molar-refractivity contribution is 6.02. The molecule has 1 aromatic carbocycles. The average molecular weight is 372 g/mol. The van der Waals surface area contributed by atoms with Gasteiger partial charge in [0.05, 0.1) is 28.3 Å². The highest BCUT2D eigenvalue weighted by atomic mass is 19.1. The first kappa shape index (κ1) is 16.6. The van der Waals surface area contributed by atoms with Crippen LogP contribution in [-0.4, -0.2) is 47.9 Å². The number of anilines is 2. The Morgan fingerprint density at radius 1 is 1.30 bits per heavy atom. The predicted molar refractivity (Wildman–Crippen MR) is 100 cm³/mol. The van der Waals surface area contributed by atoms with Crippen molar-refractivity contribution < 1.29 is 14.3 Å². The van der Waals surface area contributed by atoms with Crippen molar-refractivity contribution in [1.82, 2.24) is 4.57 Å². The van der Waals surface area contributed by atoms with Crippen LogP contribution >= 0.6 is 0 Å². The standard InChI is InChI=1S/C19H21FN4O3/c1-22-8-14-13(21)4-5-23(14)16-12(20)6-10-15(17(16)22)24(9-2-3-9)7-11(18(10)25)19(26)27/h6-7,9,13-14H,2-5,8,21H2,1H3,(H,26,27)/t13-,14-/m1/s1. The van der Waals surface area contributed by atoms with E-state index in [1.807, 2.05) is 21.4 Å². The second kappa shape index (κ2) is 5.45. The highest BCUT2D eigenvalue weighted by Crippen LogP contribution is 2.47. The predicted octanol–water partition coefficient (Wildman–Crippen LogP) is 1.53. The molecule has 8 heteroatoms. The van der Waals surface area contributed by atoms with Gasteiger partial charge in [-0.15, -0.1) is 0 Å². The summed E-state index contributed by atoms with van der Waals surface area (Å²) in [6.07, 6.45) is 4.06. The lowest BCUT2D eigenvalue weighted by atomic mass is 10.0. The van der Waals surface area contributed by atoms with Crippen LogP contribution in [0.1, 0.15) is 35.7 Å². The zero-order chi connectivity index (χ0) is 19.0. The average Bonchev–Trinajstić information content (AvgIpc) is 3.40. The molecule has 0 unspecified atom stereocenters. The van der Waals surface area contributed by atoms with Gasteiger partial charge in [0, 0.05) is 38.4 Å². The van der Waals surface area contributed by atoms with Crippen molar-refractivity contribution in [1.29, 1.82) is 0 Å². The fourth-order valence-electron chi connectivity index (χ4n) is 4.65. The third kappa shape index (κ3) is 2.22. The molecule has 0 bridgehead atoms. The molecule has 2 aromatic rings. The quantitative estimate of drug-likeness (QED) is 0.831. The van der Waals surface area contributed by atoms with Gasteiger partial charge < -0.3 is 25.2 Å². The molecule has 3 N–H and O–H groups in total. The van der Waals surface area contributed by atoms with Gasteiger partial charge >= 0.3 is 5.97 Å². The number of likely N-dealkylation sites (N-methyl/N-ethyl adjacent to an activating group) is 1. The number of hydrogen-bond acceptors (Lipinski definition) is 5. The van der Waals surface area contributed by atoms with E-state index < -0.39 is 17.2 Å². The van der Waals surface area contributed by atoms with E-state index in [0.717, 1.165) is 19.3 Å². The number of rotatable bonds is 2. The normalized spacial score (nSPS) is 24.3. The zero-order valence-corrected chi connectivity index (χ0v) is 15.0. The van der Waals surface area contributed by atoms with E-state index in [1.54, 1.807) is 0 Å². The van der Waals surface area contributed by atoms with Crippen LogP contribution in [0.4, 0.5) is 15.8 Å². The first-order valence-electron chi connectivity index (χ1n) is 9.26. The molecule has 142 valence electrons. The van der Waals surface area contributed by atoms with Crippen molar-refractivity contribution in [2.45, 2.75) is 37.4 Å². The Labute approximate surface area is 154 Å². The van der Waals surface area contributed by atoms with E-state index in [1.165, 1.54) is 12.3 Å². The monoisotopic (exact) mass is 372 g/mol. The highest BCUT2D eigenvalue weighted by Gasteiger charge is 2.41. The molecule has 0 spiro atoms. The molecule has 5 rings (SSSR count). The van der Waals surface area contributed by atoms with E-state index in [4.69, 9.17) is 5.73 Å². The number of carbonyl (C=O) groups is 1. The Morgan fingerprint density at radius 3 is 2.70 bits per heavy atom. The molecule has 2 aliphatic heterocycles. The molecular formula is C19H21FN4O3. The van der Waals surface area contributed by atoms with E-state index in [9.17, 15) is 14.7 Å². The number of carboxylic acids is 1. The lowest BCUT2D eigenvalue weighted by Gasteiger charge is -2.41. The lowest BCUT2D eigenvalue weighted by molar-refractivity contribution is 0.0695. The molecule has 27 heavy (non-hydrogen) atoms. The SMILES string of the molecule is CN1C[C@@H]2[C@H](N)CCN2c2c(F)cc3c(=O)c(C(=O)O)cn(C4CC4)c3c21. The van der Waals surface area contributed by atoms with Gasteiger partial charge in [-0.3, -0.25) is 4.79 Å². The van der Waals surface area contributed by atoms with Crippen LogP contribution in [-0.2, 0) is 0 Å². The van der Waals surface area contributed by atoms with Gasteiger partial charge in [-0.1, -0.05) is 0 Å². The Morgan fingerprint density at radius 2 is 2.04 bits per heavy atom. The topological polar surface area (TPSA) is 91.8 Å². The Balaban J connectivity index is 1.89. The molecule has 1 saturated heterocycles. The smallest absolute Gasteiger partial charge is 0.341 e. The van der Waals surface area contributed by atoms with Gasteiger partial charge in [-0.25, -0.2) is 9.18 Å². The lowest BCUT2D eigenvalue weighted by Crippen LogP contribution is -2.51. The van der Waals surface area contributed by atoms with Gasteiger partial charge in [-0.05, 0) is 25.3 Å². The van der Waals surface area contributed by atoms with Crippen LogP contribution in [0, 0.1) is 5.82 Å². The van der Waals surface area contributed by atoms with Gasteiger partial charge in [0.25, 0.3) is 0 Å². The van der Waals surface area contributed by atoms with Crippen molar-refractivity contribution in [2.24, 2.45) is 5.73 Å². The minimum Gasteiger partial charge on any atom is -0.477 e. The fraction of sp³-hybridized carbons (Fsp3) is 0.474. The van der Waals surface area contributed by atoms with Crippen molar-refractivity contribution in [3.63, 3.8) is 0 Å². The second-order valence-electron chi connectivity index (χ2n) is 7.86. The number of aromatic carboxylic acids is 1. The molecule has 1 aliphatic carbocycles. The molecule has 1 aromatic heterocycles. The van der Waals surface area contributed by atoms with E-state index >= 15 is 4.39 Å². The van der Waals surface area contributed by atoms with Crippen LogP contribution in [0.5, 0.6) is 0 Å². The van der Waals surface area contributed by atoms with Gasteiger partial charge in [0.1, 0.15) is 11.4 Å². The number of halogens is 1. The van der Waals surface area contributed by atoms with E-state index in [0.29, 0.717) is 30.0 Å². The number of benzene rings is 1.